The van der Waals surface area contributed by atoms with Gasteiger partial charge in [-0.15, -0.1) is 0 Å². The van der Waals surface area contributed by atoms with E-state index in [1.54, 1.807) is 24.3 Å². The molecule has 5 nitrogen and oxygen atoms in total. The van der Waals surface area contributed by atoms with E-state index in [1.807, 2.05) is 4.90 Å². The Morgan fingerprint density at radius 2 is 1.56 bits per heavy atom. The third kappa shape index (κ3) is 4.66. The maximum atomic E-state index is 13.0. The molecule has 2 aromatic rings. The number of anilines is 1. The van der Waals surface area contributed by atoms with Gasteiger partial charge in [0.2, 0.25) is 0 Å². The average Bonchev–Trinajstić information content (AvgIpc) is 2.61. The first kappa shape index (κ1) is 19.4. The van der Waals surface area contributed by atoms with E-state index < -0.39 is 15.8 Å². The quantitative estimate of drug-likeness (QED) is 0.865. The highest BCUT2D eigenvalue weighted by Crippen LogP contribution is 2.23. The monoisotopic (exact) mass is 390 g/mol. The standard InChI is InChI=1S/C20H23FN2O3S/c1-14-11-15(2)13-23(12-14)20(24)16-3-7-18(8-4-16)22-27(25,26)19-9-5-17(21)6-10-19/h3-10,14-15,22H,11-13H2,1-2H3/t14-,15-/m0/s1. The van der Waals surface area contributed by atoms with E-state index in [0.29, 0.717) is 23.1 Å². The van der Waals surface area contributed by atoms with Gasteiger partial charge in [-0.05, 0) is 66.8 Å². The number of rotatable bonds is 4. The number of benzene rings is 2. The van der Waals surface area contributed by atoms with Crippen molar-refractivity contribution in [2.45, 2.75) is 25.2 Å². The second kappa shape index (κ2) is 7.68. The van der Waals surface area contributed by atoms with Gasteiger partial charge in [0, 0.05) is 24.3 Å². The fraction of sp³-hybridized carbons (Fsp3) is 0.350. The van der Waals surface area contributed by atoms with Crippen LogP contribution in [0.2, 0.25) is 0 Å². The number of likely N-dealkylation sites (tertiary alicyclic amines) is 1. The lowest BCUT2D eigenvalue weighted by atomic mass is 9.91. The van der Waals surface area contributed by atoms with Gasteiger partial charge in [-0.1, -0.05) is 13.8 Å². The molecule has 0 aromatic heterocycles. The number of amides is 1. The highest BCUT2D eigenvalue weighted by atomic mass is 32.2. The molecule has 0 radical (unpaired) electrons. The summed E-state index contributed by atoms with van der Waals surface area (Å²) in [5.41, 5.74) is 0.872. The lowest BCUT2D eigenvalue weighted by Crippen LogP contribution is -2.42. The number of hydrogen-bond donors (Lipinski definition) is 1. The van der Waals surface area contributed by atoms with E-state index in [1.165, 1.54) is 12.1 Å². The minimum absolute atomic E-state index is 0.0275. The third-order valence-corrected chi connectivity index (χ3v) is 6.06. The van der Waals surface area contributed by atoms with Gasteiger partial charge in [-0.3, -0.25) is 9.52 Å². The molecule has 0 unspecified atom stereocenters. The van der Waals surface area contributed by atoms with Crippen molar-refractivity contribution in [3.8, 4) is 0 Å². The normalized spacial score (nSPS) is 20.3. The molecule has 0 spiro atoms. The molecule has 0 bridgehead atoms. The van der Waals surface area contributed by atoms with Crippen LogP contribution >= 0.6 is 0 Å². The summed E-state index contributed by atoms with van der Waals surface area (Å²) >= 11 is 0. The second-order valence-corrected chi connectivity index (χ2v) is 8.98. The molecule has 1 aliphatic heterocycles. The first-order chi connectivity index (χ1) is 12.7. The van der Waals surface area contributed by atoms with Crippen molar-refractivity contribution in [1.29, 1.82) is 0 Å². The molecular weight excluding hydrogens is 367 g/mol. The number of nitrogens with one attached hydrogen (secondary N) is 1. The molecule has 0 aliphatic carbocycles. The summed E-state index contributed by atoms with van der Waals surface area (Å²) < 4.78 is 40.1. The number of carbonyl (C=O) groups is 1. The molecule has 1 N–H and O–H groups in total. The third-order valence-electron chi connectivity index (χ3n) is 4.66. The van der Waals surface area contributed by atoms with Crippen LogP contribution in [0.25, 0.3) is 0 Å². The lowest BCUT2D eigenvalue weighted by molar-refractivity contribution is 0.0623. The minimum atomic E-state index is -3.81. The van der Waals surface area contributed by atoms with Crippen LogP contribution in [0.15, 0.2) is 53.4 Å². The summed E-state index contributed by atoms with van der Waals surface area (Å²) in [6.45, 7) is 5.76. The highest BCUT2D eigenvalue weighted by molar-refractivity contribution is 7.92. The van der Waals surface area contributed by atoms with E-state index in [9.17, 15) is 17.6 Å². The minimum Gasteiger partial charge on any atom is -0.338 e. The van der Waals surface area contributed by atoms with Crippen molar-refractivity contribution in [3.05, 3.63) is 59.9 Å². The van der Waals surface area contributed by atoms with Crippen molar-refractivity contribution >= 4 is 21.6 Å². The molecule has 1 fully saturated rings. The van der Waals surface area contributed by atoms with E-state index in [4.69, 9.17) is 0 Å². The number of hydrogen-bond acceptors (Lipinski definition) is 3. The Morgan fingerprint density at radius 1 is 1.00 bits per heavy atom. The molecule has 0 saturated carbocycles. The van der Waals surface area contributed by atoms with Gasteiger partial charge < -0.3 is 4.90 Å². The van der Waals surface area contributed by atoms with Gasteiger partial charge in [0.25, 0.3) is 15.9 Å². The average molecular weight is 390 g/mol. The number of halogens is 1. The van der Waals surface area contributed by atoms with Crippen LogP contribution in [0, 0.1) is 17.7 Å². The predicted molar refractivity (Wildman–Crippen MR) is 102 cm³/mol. The molecule has 3 rings (SSSR count). The van der Waals surface area contributed by atoms with Crippen LogP contribution < -0.4 is 4.72 Å². The van der Waals surface area contributed by atoms with Crippen molar-refractivity contribution in [3.63, 3.8) is 0 Å². The molecule has 7 heteroatoms. The van der Waals surface area contributed by atoms with Gasteiger partial charge in [0.15, 0.2) is 0 Å². The zero-order valence-corrected chi connectivity index (χ0v) is 16.2. The van der Waals surface area contributed by atoms with E-state index in [2.05, 4.69) is 18.6 Å². The Kier molecular flexibility index (Phi) is 5.51. The number of nitrogens with zero attached hydrogens (tertiary/aromatic N) is 1. The van der Waals surface area contributed by atoms with Crippen LogP contribution in [-0.2, 0) is 10.0 Å². The maximum absolute atomic E-state index is 13.0. The van der Waals surface area contributed by atoms with E-state index in [-0.39, 0.29) is 10.8 Å². The van der Waals surface area contributed by atoms with Crippen LogP contribution in [-0.4, -0.2) is 32.3 Å². The number of carbonyl (C=O) groups excluding carboxylic acids is 1. The van der Waals surface area contributed by atoms with E-state index >= 15 is 0 Å². The Morgan fingerprint density at radius 3 is 2.11 bits per heavy atom. The summed E-state index contributed by atoms with van der Waals surface area (Å²) in [4.78, 5) is 14.5. The molecule has 1 saturated heterocycles. The highest BCUT2D eigenvalue weighted by Gasteiger charge is 2.26. The summed E-state index contributed by atoms with van der Waals surface area (Å²) in [5, 5.41) is 0. The molecule has 144 valence electrons. The number of sulfonamides is 1. The Hall–Kier alpha value is -2.41. The molecular formula is C20H23FN2O3S. The first-order valence-corrected chi connectivity index (χ1v) is 10.4. The molecule has 1 amide bonds. The summed E-state index contributed by atoms with van der Waals surface area (Å²) in [6, 6.07) is 11.0. The van der Waals surface area contributed by atoms with Crippen molar-refractivity contribution < 1.29 is 17.6 Å². The Bertz CT molecular complexity index is 901. The fourth-order valence-electron chi connectivity index (χ4n) is 3.52. The van der Waals surface area contributed by atoms with Gasteiger partial charge in [0.05, 0.1) is 4.90 Å². The Balaban J connectivity index is 1.71. The second-order valence-electron chi connectivity index (χ2n) is 7.29. The van der Waals surface area contributed by atoms with Crippen LogP contribution in [0.4, 0.5) is 10.1 Å². The fourth-order valence-corrected chi connectivity index (χ4v) is 4.58. The zero-order valence-electron chi connectivity index (χ0n) is 15.4. The van der Waals surface area contributed by atoms with Gasteiger partial charge in [0.1, 0.15) is 5.82 Å². The molecule has 2 aromatic carbocycles. The van der Waals surface area contributed by atoms with Gasteiger partial charge in [-0.25, -0.2) is 12.8 Å². The lowest BCUT2D eigenvalue weighted by Gasteiger charge is -2.35. The van der Waals surface area contributed by atoms with E-state index in [0.717, 1.165) is 31.6 Å². The largest absolute Gasteiger partial charge is 0.338 e. The van der Waals surface area contributed by atoms with Crippen LogP contribution in [0.5, 0.6) is 0 Å². The van der Waals surface area contributed by atoms with Crippen molar-refractivity contribution in [1.82, 2.24) is 4.90 Å². The molecule has 1 heterocycles. The van der Waals surface area contributed by atoms with Crippen molar-refractivity contribution in [2.24, 2.45) is 11.8 Å². The SMILES string of the molecule is C[C@H]1C[C@H](C)CN(C(=O)c2ccc(NS(=O)(=O)c3ccc(F)cc3)cc2)C1. The first-order valence-electron chi connectivity index (χ1n) is 8.92. The summed E-state index contributed by atoms with van der Waals surface area (Å²) in [6.07, 6.45) is 1.12. The zero-order chi connectivity index (χ0) is 19.6. The van der Waals surface area contributed by atoms with Gasteiger partial charge in [-0.2, -0.15) is 0 Å². The topological polar surface area (TPSA) is 66.5 Å². The number of piperidine rings is 1. The van der Waals surface area contributed by atoms with Crippen molar-refractivity contribution in [2.75, 3.05) is 17.8 Å². The smallest absolute Gasteiger partial charge is 0.261 e. The summed E-state index contributed by atoms with van der Waals surface area (Å²) in [5.74, 6) is 0.401. The van der Waals surface area contributed by atoms with Crippen LogP contribution in [0.3, 0.4) is 0 Å². The molecule has 27 heavy (non-hydrogen) atoms. The molecule has 1 aliphatic rings. The predicted octanol–water partition coefficient (Wildman–Crippen LogP) is 3.74. The van der Waals surface area contributed by atoms with Gasteiger partial charge >= 0.3 is 0 Å². The maximum Gasteiger partial charge on any atom is 0.261 e. The Labute approximate surface area is 159 Å². The summed E-state index contributed by atoms with van der Waals surface area (Å²) in [7, 11) is -3.81. The molecule has 2 atom stereocenters. The van der Waals surface area contributed by atoms with Crippen LogP contribution in [0.1, 0.15) is 30.6 Å².